The van der Waals surface area contributed by atoms with Gasteiger partial charge in [-0.2, -0.15) is 0 Å². The van der Waals surface area contributed by atoms with Crippen LogP contribution in [0.1, 0.15) is 35.1 Å². The number of amides is 1. The fourth-order valence-electron chi connectivity index (χ4n) is 3.91. The Bertz CT molecular complexity index is 1190. The predicted octanol–water partition coefficient (Wildman–Crippen LogP) is 2.94. The van der Waals surface area contributed by atoms with Crippen LogP contribution in [0.2, 0.25) is 0 Å². The molecule has 1 N–H and O–H groups in total. The highest BCUT2D eigenvalue weighted by Crippen LogP contribution is 2.39. The first kappa shape index (κ1) is 21.4. The van der Waals surface area contributed by atoms with Crippen LogP contribution >= 0.6 is 0 Å². The van der Waals surface area contributed by atoms with E-state index >= 15 is 0 Å². The SMILES string of the molecule is Cc1ncc(/C(O)=C2\C(=O)C(=O)N(CCCn3ccnc3)[C@@H]2c2ccc(F)cc2)c(C)n1. The minimum Gasteiger partial charge on any atom is -0.507 e. The Morgan fingerprint density at radius 1 is 1.16 bits per heavy atom. The van der Waals surface area contributed by atoms with Gasteiger partial charge in [-0.1, -0.05) is 12.1 Å². The van der Waals surface area contributed by atoms with Crippen molar-refractivity contribution in [1.82, 2.24) is 24.4 Å². The highest BCUT2D eigenvalue weighted by Gasteiger charge is 2.46. The lowest BCUT2D eigenvalue weighted by Crippen LogP contribution is -2.31. The largest absolute Gasteiger partial charge is 0.507 e. The van der Waals surface area contributed by atoms with Crippen molar-refractivity contribution < 1.29 is 19.1 Å². The summed E-state index contributed by atoms with van der Waals surface area (Å²) >= 11 is 0. The zero-order valence-corrected chi connectivity index (χ0v) is 17.7. The van der Waals surface area contributed by atoms with Gasteiger partial charge in [0.15, 0.2) is 0 Å². The van der Waals surface area contributed by atoms with Crippen molar-refractivity contribution in [3.63, 3.8) is 0 Å². The van der Waals surface area contributed by atoms with E-state index in [9.17, 15) is 19.1 Å². The molecule has 1 fully saturated rings. The zero-order chi connectivity index (χ0) is 22.8. The molecule has 1 aliphatic heterocycles. The molecular formula is C23H22FN5O3. The molecule has 0 bridgehead atoms. The third kappa shape index (κ3) is 4.01. The number of hydrogen-bond acceptors (Lipinski definition) is 6. The Morgan fingerprint density at radius 3 is 2.56 bits per heavy atom. The molecule has 1 aliphatic rings. The number of halogens is 1. The van der Waals surface area contributed by atoms with Gasteiger partial charge in [0, 0.05) is 31.7 Å². The lowest BCUT2D eigenvalue weighted by atomic mass is 9.95. The third-order valence-corrected chi connectivity index (χ3v) is 5.46. The van der Waals surface area contributed by atoms with Gasteiger partial charge in [-0.3, -0.25) is 9.59 Å². The van der Waals surface area contributed by atoms with Crippen LogP contribution in [0.5, 0.6) is 0 Å². The minimum absolute atomic E-state index is 0.0557. The average Bonchev–Trinajstić information content (AvgIpc) is 3.36. The molecule has 32 heavy (non-hydrogen) atoms. The summed E-state index contributed by atoms with van der Waals surface area (Å²) in [6, 6.07) is 4.71. The number of carbonyl (C=O) groups excluding carboxylic acids is 2. The van der Waals surface area contributed by atoms with Crippen LogP contribution < -0.4 is 0 Å². The van der Waals surface area contributed by atoms with Gasteiger partial charge in [0.05, 0.1) is 29.2 Å². The van der Waals surface area contributed by atoms with E-state index in [0.717, 1.165) is 0 Å². The summed E-state index contributed by atoms with van der Waals surface area (Å²) in [4.78, 5) is 39.7. The number of benzene rings is 1. The maximum Gasteiger partial charge on any atom is 0.295 e. The summed E-state index contributed by atoms with van der Waals surface area (Å²) in [5.41, 5.74) is 1.23. The molecule has 1 saturated heterocycles. The molecule has 3 aromatic rings. The second-order valence-corrected chi connectivity index (χ2v) is 7.61. The van der Waals surface area contributed by atoms with E-state index in [2.05, 4.69) is 15.0 Å². The van der Waals surface area contributed by atoms with Crippen molar-refractivity contribution in [3.05, 3.63) is 83.2 Å². The van der Waals surface area contributed by atoms with Gasteiger partial charge in [-0.05, 0) is 38.0 Å². The average molecular weight is 435 g/mol. The van der Waals surface area contributed by atoms with Gasteiger partial charge >= 0.3 is 0 Å². The number of aliphatic hydroxyl groups is 1. The van der Waals surface area contributed by atoms with E-state index in [1.54, 1.807) is 26.4 Å². The van der Waals surface area contributed by atoms with Gasteiger partial charge in [-0.25, -0.2) is 19.3 Å². The van der Waals surface area contributed by atoms with E-state index in [1.807, 2.05) is 10.8 Å². The van der Waals surface area contributed by atoms with Crippen molar-refractivity contribution in [2.24, 2.45) is 0 Å². The van der Waals surface area contributed by atoms with Crippen LogP contribution in [0.3, 0.4) is 0 Å². The molecule has 9 heteroatoms. The number of likely N-dealkylation sites (tertiary alicyclic amines) is 1. The topological polar surface area (TPSA) is 101 Å². The number of aromatic nitrogens is 4. The van der Waals surface area contributed by atoms with Crippen LogP contribution in [-0.2, 0) is 16.1 Å². The molecule has 0 saturated carbocycles. The standard InChI is InChI=1S/C23H22FN5O3/c1-14-18(12-26-15(2)27-14)21(30)19-20(16-4-6-17(24)7-5-16)29(23(32)22(19)31)10-3-9-28-11-8-25-13-28/h4-8,11-13,20,30H,3,9-10H2,1-2H3/b21-19+/t20-/m1/s1. The van der Waals surface area contributed by atoms with Crippen LogP contribution in [0, 0.1) is 19.7 Å². The molecule has 0 aliphatic carbocycles. The monoisotopic (exact) mass is 435 g/mol. The summed E-state index contributed by atoms with van der Waals surface area (Å²) < 4.78 is 15.4. The third-order valence-electron chi connectivity index (χ3n) is 5.46. The number of Topliss-reactive ketones (excluding diaryl/α,β-unsaturated/α-hetero) is 1. The quantitative estimate of drug-likeness (QED) is 0.363. The van der Waals surface area contributed by atoms with E-state index in [0.29, 0.717) is 30.0 Å². The summed E-state index contributed by atoms with van der Waals surface area (Å²) in [5, 5.41) is 11.1. The van der Waals surface area contributed by atoms with Gasteiger partial charge in [0.25, 0.3) is 11.7 Å². The molecule has 0 radical (unpaired) electrons. The molecule has 1 aromatic carbocycles. The smallest absolute Gasteiger partial charge is 0.295 e. The molecule has 0 spiro atoms. The van der Waals surface area contributed by atoms with Crippen molar-refractivity contribution in [3.8, 4) is 0 Å². The lowest BCUT2D eigenvalue weighted by Gasteiger charge is -2.25. The summed E-state index contributed by atoms with van der Waals surface area (Å²) in [6.45, 7) is 4.28. The molecule has 164 valence electrons. The number of nitrogens with zero attached hydrogens (tertiary/aromatic N) is 5. The van der Waals surface area contributed by atoms with E-state index in [4.69, 9.17) is 0 Å². The Labute approximate surface area is 184 Å². The Morgan fingerprint density at radius 2 is 1.91 bits per heavy atom. The first-order valence-corrected chi connectivity index (χ1v) is 10.2. The van der Waals surface area contributed by atoms with E-state index in [1.165, 1.54) is 35.4 Å². The van der Waals surface area contributed by atoms with Crippen molar-refractivity contribution in [2.45, 2.75) is 32.9 Å². The molecule has 8 nitrogen and oxygen atoms in total. The Hall–Kier alpha value is -3.88. The second kappa shape index (κ2) is 8.70. The zero-order valence-electron chi connectivity index (χ0n) is 17.7. The lowest BCUT2D eigenvalue weighted by molar-refractivity contribution is -0.139. The van der Waals surface area contributed by atoms with Gasteiger partial charge in [-0.15, -0.1) is 0 Å². The molecule has 2 aromatic heterocycles. The fourth-order valence-corrected chi connectivity index (χ4v) is 3.91. The number of rotatable bonds is 6. The van der Waals surface area contributed by atoms with Crippen molar-refractivity contribution >= 4 is 17.4 Å². The second-order valence-electron chi connectivity index (χ2n) is 7.61. The summed E-state index contributed by atoms with van der Waals surface area (Å²) in [5.74, 6) is -1.76. The Kier molecular flexibility index (Phi) is 5.81. The molecule has 0 unspecified atom stereocenters. The van der Waals surface area contributed by atoms with Crippen LogP contribution in [0.4, 0.5) is 4.39 Å². The Balaban J connectivity index is 1.75. The van der Waals surface area contributed by atoms with Gasteiger partial charge in [0.1, 0.15) is 17.4 Å². The molecule has 4 rings (SSSR count). The highest BCUT2D eigenvalue weighted by molar-refractivity contribution is 6.46. The van der Waals surface area contributed by atoms with E-state index < -0.39 is 23.5 Å². The summed E-state index contributed by atoms with van der Waals surface area (Å²) in [6.07, 6.45) is 7.14. The number of aryl methyl sites for hydroxylation is 3. The predicted molar refractivity (Wildman–Crippen MR) is 114 cm³/mol. The number of imidazole rings is 1. The first-order chi connectivity index (χ1) is 15.4. The first-order valence-electron chi connectivity index (χ1n) is 10.2. The van der Waals surface area contributed by atoms with Crippen molar-refractivity contribution in [1.29, 1.82) is 0 Å². The molecular weight excluding hydrogens is 413 g/mol. The van der Waals surface area contributed by atoms with Gasteiger partial charge in [0.2, 0.25) is 0 Å². The van der Waals surface area contributed by atoms with Crippen LogP contribution in [0.25, 0.3) is 5.76 Å². The summed E-state index contributed by atoms with van der Waals surface area (Å²) in [7, 11) is 0. The van der Waals surface area contributed by atoms with Gasteiger partial charge < -0.3 is 14.6 Å². The maximum absolute atomic E-state index is 13.6. The van der Waals surface area contributed by atoms with Crippen LogP contribution in [-0.4, -0.2) is 47.8 Å². The normalized spacial score (nSPS) is 17.8. The minimum atomic E-state index is -0.848. The van der Waals surface area contributed by atoms with E-state index in [-0.39, 0.29) is 23.4 Å². The van der Waals surface area contributed by atoms with Crippen LogP contribution in [0.15, 0.2) is 54.8 Å². The highest BCUT2D eigenvalue weighted by atomic mass is 19.1. The number of aliphatic hydroxyl groups excluding tert-OH is 1. The molecule has 1 atom stereocenters. The fraction of sp³-hybridized carbons (Fsp3) is 0.261. The number of ketones is 1. The number of carbonyl (C=O) groups is 2. The maximum atomic E-state index is 13.6. The molecule has 3 heterocycles. The van der Waals surface area contributed by atoms with Crippen molar-refractivity contribution in [2.75, 3.05) is 6.54 Å². The molecule has 1 amide bonds. The number of hydrogen-bond donors (Lipinski definition) is 1.